The molecule has 0 spiro atoms. The Kier molecular flexibility index (Phi) is 7.65. The molecule has 8 nitrogen and oxygen atoms in total. The maximum Gasteiger partial charge on any atom is 0.330 e. The molecular weight excluding hydrogens is 456 g/mol. The van der Waals surface area contributed by atoms with Gasteiger partial charge in [0.05, 0.1) is 6.54 Å². The molecule has 0 aliphatic rings. The van der Waals surface area contributed by atoms with Gasteiger partial charge in [-0.05, 0) is 48.4 Å². The number of carbonyl (C=O) groups excluding carboxylic acids is 1. The number of hydrogen-bond acceptors (Lipinski definition) is 5. The summed E-state index contributed by atoms with van der Waals surface area (Å²) in [6, 6.07) is 25.3. The third-order valence-corrected chi connectivity index (χ3v) is 5.73. The minimum atomic E-state index is -0.699. The topological polar surface area (TPSA) is 110 Å². The molecule has 0 bridgehead atoms. The minimum absolute atomic E-state index is 0.0337. The number of amides is 1. The number of benzene rings is 3. The van der Waals surface area contributed by atoms with Crippen LogP contribution in [0.4, 0.5) is 11.5 Å². The van der Waals surface area contributed by atoms with Crippen LogP contribution in [0.5, 0.6) is 11.5 Å². The molecule has 4 aromatic rings. The highest BCUT2D eigenvalue weighted by molar-refractivity contribution is 6.07. The fourth-order valence-electron chi connectivity index (χ4n) is 3.84. The number of nitrogens with two attached hydrogens (primary N) is 1. The van der Waals surface area contributed by atoms with Crippen LogP contribution in [0.25, 0.3) is 0 Å². The summed E-state index contributed by atoms with van der Waals surface area (Å²) in [6.45, 7) is 2.42. The number of nitrogens with one attached hydrogen (secondary N) is 1. The lowest BCUT2D eigenvalue weighted by Crippen LogP contribution is -2.41. The molecule has 0 fully saturated rings. The van der Waals surface area contributed by atoms with Gasteiger partial charge in [0.2, 0.25) is 0 Å². The molecule has 184 valence electrons. The van der Waals surface area contributed by atoms with Crippen LogP contribution in [-0.2, 0) is 6.54 Å². The van der Waals surface area contributed by atoms with Gasteiger partial charge in [0.15, 0.2) is 5.69 Å². The van der Waals surface area contributed by atoms with Crippen LogP contribution >= 0.6 is 0 Å². The Labute approximate surface area is 208 Å². The van der Waals surface area contributed by atoms with Gasteiger partial charge in [-0.15, -0.1) is 0 Å². The summed E-state index contributed by atoms with van der Waals surface area (Å²) in [6.07, 6.45) is 1.45. The molecule has 1 aromatic heterocycles. The van der Waals surface area contributed by atoms with Gasteiger partial charge in [0.25, 0.3) is 11.5 Å². The molecule has 1 heterocycles. The van der Waals surface area contributed by atoms with Crippen molar-refractivity contribution < 1.29 is 9.53 Å². The molecule has 3 aromatic carbocycles. The van der Waals surface area contributed by atoms with E-state index in [0.29, 0.717) is 23.5 Å². The Hall–Kier alpha value is -4.59. The highest BCUT2D eigenvalue weighted by atomic mass is 16.5. The molecule has 0 aliphatic carbocycles. The third kappa shape index (κ3) is 5.55. The summed E-state index contributed by atoms with van der Waals surface area (Å²) < 4.78 is 7.08. The molecule has 36 heavy (non-hydrogen) atoms. The van der Waals surface area contributed by atoms with Crippen molar-refractivity contribution in [2.45, 2.75) is 26.3 Å². The molecule has 3 N–H and O–H groups in total. The molecule has 0 unspecified atom stereocenters. The number of para-hydroxylation sites is 1. The van der Waals surface area contributed by atoms with Crippen LogP contribution in [-0.4, -0.2) is 22.0 Å². The molecule has 0 saturated carbocycles. The van der Waals surface area contributed by atoms with Crippen LogP contribution in [0.15, 0.2) is 94.5 Å². The summed E-state index contributed by atoms with van der Waals surface area (Å²) in [4.78, 5) is 42.7. The number of anilines is 2. The van der Waals surface area contributed by atoms with Gasteiger partial charge in [-0.1, -0.05) is 61.9 Å². The molecule has 4 rings (SSSR count). The third-order valence-electron chi connectivity index (χ3n) is 5.73. The van der Waals surface area contributed by atoms with E-state index in [1.54, 1.807) is 24.3 Å². The Morgan fingerprint density at radius 1 is 0.917 bits per heavy atom. The van der Waals surface area contributed by atoms with E-state index in [1.807, 2.05) is 67.6 Å². The van der Waals surface area contributed by atoms with Crippen molar-refractivity contribution in [1.29, 1.82) is 0 Å². The van der Waals surface area contributed by atoms with Crippen molar-refractivity contribution in [3.05, 3.63) is 117 Å². The first-order valence-corrected chi connectivity index (χ1v) is 11.8. The summed E-state index contributed by atoms with van der Waals surface area (Å²) in [5, 5.41) is 0. The average Bonchev–Trinajstić information content (AvgIpc) is 2.89. The minimum Gasteiger partial charge on any atom is -0.457 e. The van der Waals surface area contributed by atoms with Crippen LogP contribution in [0.1, 0.15) is 35.7 Å². The second-order valence-electron chi connectivity index (χ2n) is 8.31. The first-order chi connectivity index (χ1) is 17.5. The predicted octanol–water partition coefficient (Wildman–Crippen LogP) is 4.41. The Bertz CT molecular complexity index is 1430. The molecular formula is C28H28N4O4. The Morgan fingerprint density at radius 2 is 1.53 bits per heavy atom. The maximum atomic E-state index is 13.6. The lowest BCUT2D eigenvalue weighted by Gasteiger charge is -2.24. The first kappa shape index (κ1) is 24.5. The van der Waals surface area contributed by atoms with Crippen molar-refractivity contribution in [1.82, 2.24) is 9.55 Å². The zero-order valence-corrected chi connectivity index (χ0v) is 20.0. The van der Waals surface area contributed by atoms with Crippen molar-refractivity contribution in [2.24, 2.45) is 0 Å². The van der Waals surface area contributed by atoms with Gasteiger partial charge in [-0.2, -0.15) is 0 Å². The number of nitrogen functional groups attached to an aromatic ring is 1. The van der Waals surface area contributed by atoms with Crippen LogP contribution in [0.3, 0.4) is 0 Å². The number of aromatic amines is 1. The van der Waals surface area contributed by atoms with E-state index < -0.39 is 17.2 Å². The van der Waals surface area contributed by atoms with Crippen LogP contribution in [0, 0.1) is 0 Å². The van der Waals surface area contributed by atoms with E-state index in [2.05, 4.69) is 4.98 Å². The van der Waals surface area contributed by atoms with Gasteiger partial charge in [0, 0.05) is 12.1 Å². The van der Waals surface area contributed by atoms with E-state index in [-0.39, 0.29) is 24.6 Å². The fourth-order valence-corrected chi connectivity index (χ4v) is 3.84. The lowest BCUT2D eigenvalue weighted by molar-refractivity contribution is 0.0986. The number of hydrogen-bond donors (Lipinski definition) is 2. The van der Waals surface area contributed by atoms with Crippen LogP contribution in [0.2, 0.25) is 0 Å². The Balaban J connectivity index is 1.67. The summed E-state index contributed by atoms with van der Waals surface area (Å²) in [7, 11) is 0. The second kappa shape index (κ2) is 11.2. The van der Waals surface area contributed by atoms with E-state index in [1.165, 1.54) is 9.47 Å². The van der Waals surface area contributed by atoms with Crippen LogP contribution < -0.4 is 26.6 Å². The zero-order valence-electron chi connectivity index (χ0n) is 20.0. The quantitative estimate of drug-likeness (QED) is 0.366. The van der Waals surface area contributed by atoms with Gasteiger partial charge in [0.1, 0.15) is 17.3 Å². The predicted molar refractivity (Wildman–Crippen MR) is 141 cm³/mol. The van der Waals surface area contributed by atoms with Crippen molar-refractivity contribution >= 4 is 17.4 Å². The highest BCUT2D eigenvalue weighted by Gasteiger charge is 2.25. The molecule has 0 radical (unpaired) electrons. The number of nitrogens with zero attached hydrogens (tertiary/aromatic N) is 2. The van der Waals surface area contributed by atoms with E-state index in [9.17, 15) is 14.4 Å². The van der Waals surface area contributed by atoms with Crippen molar-refractivity contribution in [2.75, 3.05) is 17.2 Å². The largest absolute Gasteiger partial charge is 0.457 e. The fraction of sp³-hybridized carbons (Fsp3) is 0.179. The molecule has 0 atom stereocenters. The average molecular weight is 485 g/mol. The van der Waals surface area contributed by atoms with Crippen molar-refractivity contribution in [3.8, 4) is 11.5 Å². The first-order valence-electron chi connectivity index (χ1n) is 11.8. The smallest absolute Gasteiger partial charge is 0.330 e. The van der Waals surface area contributed by atoms with E-state index in [4.69, 9.17) is 10.5 Å². The van der Waals surface area contributed by atoms with Gasteiger partial charge in [-0.25, -0.2) is 4.79 Å². The van der Waals surface area contributed by atoms with Gasteiger partial charge in [-0.3, -0.25) is 19.1 Å². The highest BCUT2D eigenvalue weighted by Crippen LogP contribution is 2.24. The number of H-pyrrole nitrogens is 1. The number of ether oxygens (including phenoxy) is 1. The number of unbranched alkanes of at least 4 members (excludes halogenated alkanes) is 1. The van der Waals surface area contributed by atoms with Gasteiger partial charge >= 0.3 is 5.69 Å². The molecule has 1 amide bonds. The molecule has 8 heteroatoms. The lowest BCUT2D eigenvalue weighted by atomic mass is 10.1. The monoisotopic (exact) mass is 484 g/mol. The number of rotatable bonds is 9. The number of carbonyl (C=O) groups is 1. The normalized spacial score (nSPS) is 10.7. The second-order valence-corrected chi connectivity index (χ2v) is 8.31. The van der Waals surface area contributed by atoms with Gasteiger partial charge < -0.3 is 15.4 Å². The number of aromatic nitrogens is 2. The SMILES string of the molecule is CCCCN(C(=O)c1ccc(Oc2ccccc2)cc1)c1c(N)n(Cc2ccccc2)c(=O)[nH]c1=O. The zero-order chi connectivity index (χ0) is 25.5. The summed E-state index contributed by atoms with van der Waals surface area (Å²) in [5.74, 6) is 0.811. The Morgan fingerprint density at radius 3 is 2.17 bits per heavy atom. The van der Waals surface area contributed by atoms with E-state index in [0.717, 1.165) is 12.0 Å². The standard InChI is InChI=1S/C28H28N4O4/c1-2-3-18-31(27(34)21-14-16-23(17-15-21)36-22-12-8-5-9-13-22)24-25(29)32(28(35)30-26(24)33)19-20-10-6-4-7-11-20/h4-17H,2-3,18-19,29H2,1H3,(H,30,33,35). The maximum absolute atomic E-state index is 13.6. The summed E-state index contributed by atoms with van der Waals surface area (Å²) >= 11 is 0. The summed E-state index contributed by atoms with van der Waals surface area (Å²) in [5.41, 5.74) is 6.20. The molecule has 0 aliphatic heterocycles. The van der Waals surface area contributed by atoms with E-state index >= 15 is 0 Å². The van der Waals surface area contributed by atoms with Crippen molar-refractivity contribution in [3.63, 3.8) is 0 Å². The molecule has 0 saturated heterocycles.